The van der Waals surface area contributed by atoms with E-state index >= 15 is 0 Å². The van der Waals surface area contributed by atoms with Crippen LogP contribution < -0.4 is 0 Å². The lowest BCUT2D eigenvalue weighted by Crippen LogP contribution is -2.20. The van der Waals surface area contributed by atoms with Crippen molar-refractivity contribution in [3.63, 3.8) is 0 Å². The van der Waals surface area contributed by atoms with Gasteiger partial charge in [-0.2, -0.15) is 0 Å². The molecule has 2 aromatic rings. The number of esters is 2. The highest BCUT2D eigenvalue weighted by atomic mass is 16.7. The number of carbonyl (C=O) groups excluding carboxylic acids is 2. The number of carbonyl (C=O) groups is 2. The fourth-order valence-electron chi connectivity index (χ4n) is 3.66. The zero-order chi connectivity index (χ0) is 25.2. The monoisotopic (exact) mass is 486 g/mol. The van der Waals surface area contributed by atoms with E-state index in [2.05, 4.69) is 0 Å². The molecule has 0 aliphatic carbocycles. The number of methoxy groups -OCH3 is 1. The number of hydrogen-bond acceptors (Lipinski definition) is 8. The van der Waals surface area contributed by atoms with Gasteiger partial charge in [-0.3, -0.25) is 0 Å². The zero-order valence-corrected chi connectivity index (χ0v) is 20.5. The van der Waals surface area contributed by atoms with Crippen molar-refractivity contribution in [2.45, 2.75) is 64.3 Å². The highest BCUT2D eigenvalue weighted by Crippen LogP contribution is 2.20. The number of aliphatic hydroxyl groups is 1. The van der Waals surface area contributed by atoms with Crippen molar-refractivity contribution in [3.05, 3.63) is 70.8 Å². The van der Waals surface area contributed by atoms with E-state index in [1.807, 2.05) is 38.1 Å². The van der Waals surface area contributed by atoms with E-state index in [0.717, 1.165) is 30.4 Å². The lowest BCUT2D eigenvalue weighted by atomic mass is 10.1. The SMILES string of the molecule is CO[C@H]1CC[C@@H](COC(=O)c2ccc(C)cc2)O1.Cc1ccc(C(=O)OC[C@@H]2CCC(O)O2)cc1. The fraction of sp³-hybridized carbons (Fsp3) is 0.481. The summed E-state index contributed by atoms with van der Waals surface area (Å²) >= 11 is 0. The minimum Gasteiger partial charge on any atom is -0.459 e. The van der Waals surface area contributed by atoms with Gasteiger partial charge in [0.05, 0.1) is 23.3 Å². The molecule has 0 spiro atoms. The second-order valence-electron chi connectivity index (χ2n) is 8.72. The Bertz CT molecular complexity index is 941. The third kappa shape index (κ3) is 8.74. The summed E-state index contributed by atoms with van der Waals surface area (Å²) in [5.74, 6) is -0.658. The Morgan fingerprint density at radius 1 is 0.771 bits per heavy atom. The molecule has 8 nitrogen and oxygen atoms in total. The number of aliphatic hydroxyl groups excluding tert-OH is 1. The largest absolute Gasteiger partial charge is 0.459 e. The molecule has 1 N–H and O–H groups in total. The van der Waals surface area contributed by atoms with Gasteiger partial charge >= 0.3 is 11.9 Å². The molecular weight excluding hydrogens is 452 g/mol. The molecule has 2 saturated heterocycles. The van der Waals surface area contributed by atoms with Crippen LogP contribution in [-0.4, -0.2) is 62.2 Å². The number of aryl methyl sites for hydroxylation is 2. The topological polar surface area (TPSA) is 101 Å². The number of hydrogen-bond donors (Lipinski definition) is 1. The van der Waals surface area contributed by atoms with E-state index < -0.39 is 6.29 Å². The molecule has 35 heavy (non-hydrogen) atoms. The molecule has 2 aliphatic rings. The van der Waals surface area contributed by atoms with E-state index in [1.165, 1.54) is 0 Å². The van der Waals surface area contributed by atoms with E-state index in [-0.39, 0.29) is 43.7 Å². The Balaban J connectivity index is 0.000000196. The van der Waals surface area contributed by atoms with Gasteiger partial charge in [0.1, 0.15) is 13.2 Å². The number of ether oxygens (including phenoxy) is 5. The van der Waals surface area contributed by atoms with Gasteiger partial charge in [-0.05, 0) is 51.0 Å². The van der Waals surface area contributed by atoms with Crippen molar-refractivity contribution in [2.24, 2.45) is 0 Å². The summed E-state index contributed by atoms with van der Waals surface area (Å²) in [5.41, 5.74) is 3.33. The van der Waals surface area contributed by atoms with Crippen molar-refractivity contribution < 1.29 is 38.4 Å². The van der Waals surface area contributed by atoms with Crippen molar-refractivity contribution >= 4 is 11.9 Å². The number of benzene rings is 2. The van der Waals surface area contributed by atoms with E-state index in [1.54, 1.807) is 31.4 Å². The quantitative estimate of drug-likeness (QED) is 0.587. The van der Waals surface area contributed by atoms with Gasteiger partial charge < -0.3 is 28.8 Å². The highest BCUT2D eigenvalue weighted by molar-refractivity contribution is 5.89. The Morgan fingerprint density at radius 3 is 1.63 bits per heavy atom. The maximum absolute atomic E-state index is 11.8. The lowest BCUT2D eigenvalue weighted by molar-refractivity contribution is -0.123. The van der Waals surface area contributed by atoms with Crippen LogP contribution in [0, 0.1) is 13.8 Å². The van der Waals surface area contributed by atoms with Gasteiger partial charge in [0.25, 0.3) is 0 Å². The van der Waals surface area contributed by atoms with Crippen molar-refractivity contribution in [3.8, 4) is 0 Å². The minimum absolute atomic E-state index is 0.0515. The van der Waals surface area contributed by atoms with Crippen LogP contribution in [0.4, 0.5) is 0 Å². The average Bonchev–Trinajstić information content (AvgIpc) is 3.51. The molecule has 2 heterocycles. The summed E-state index contributed by atoms with van der Waals surface area (Å²) in [5, 5.41) is 9.15. The van der Waals surface area contributed by atoms with Crippen LogP contribution >= 0.6 is 0 Å². The van der Waals surface area contributed by atoms with Crippen LogP contribution in [-0.2, 0) is 23.7 Å². The van der Waals surface area contributed by atoms with Crippen LogP contribution in [0.2, 0.25) is 0 Å². The average molecular weight is 487 g/mol. The van der Waals surface area contributed by atoms with E-state index in [4.69, 9.17) is 28.8 Å². The second-order valence-corrected chi connectivity index (χ2v) is 8.72. The molecule has 4 rings (SSSR count). The molecule has 0 saturated carbocycles. The van der Waals surface area contributed by atoms with E-state index in [0.29, 0.717) is 17.5 Å². The first-order chi connectivity index (χ1) is 16.8. The molecule has 2 fully saturated rings. The van der Waals surface area contributed by atoms with Gasteiger partial charge in [0, 0.05) is 20.0 Å². The van der Waals surface area contributed by atoms with Crippen molar-refractivity contribution in [1.82, 2.24) is 0 Å². The van der Waals surface area contributed by atoms with Gasteiger partial charge in [-0.25, -0.2) is 9.59 Å². The Labute approximate surface area is 206 Å². The Kier molecular flexibility index (Phi) is 10.2. The first-order valence-electron chi connectivity index (χ1n) is 11.8. The third-order valence-corrected chi connectivity index (χ3v) is 5.79. The molecule has 0 radical (unpaired) electrons. The van der Waals surface area contributed by atoms with Crippen LogP contribution in [0.25, 0.3) is 0 Å². The molecule has 0 amide bonds. The summed E-state index contributed by atoms with van der Waals surface area (Å²) in [6.45, 7) is 4.42. The van der Waals surface area contributed by atoms with Gasteiger partial charge in [0.2, 0.25) is 0 Å². The Morgan fingerprint density at radius 2 is 1.23 bits per heavy atom. The fourth-order valence-corrected chi connectivity index (χ4v) is 3.66. The van der Waals surface area contributed by atoms with Crippen molar-refractivity contribution in [1.29, 1.82) is 0 Å². The molecule has 190 valence electrons. The molecule has 0 aromatic heterocycles. The number of rotatable bonds is 7. The van der Waals surface area contributed by atoms with Gasteiger partial charge in [-0.1, -0.05) is 35.4 Å². The van der Waals surface area contributed by atoms with Crippen LogP contribution in [0.1, 0.15) is 57.5 Å². The smallest absolute Gasteiger partial charge is 0.338 e. The standard InChI is InChI=1S/C14H18O4.C13H16O4/c1-10-3-5-11(6-4-10)14(15)17-9-12-7-8-13(16-2)18-12;1-9-2-4-10(5-3-9)13(15)16-8-11-6-7-12(14)17-11/h3-6,12-13H,7-9H2,1-2H3;2-5,11-12,14H,6-8H2,1H3/t12-,13+;11-,12?/m00/s1. The first kappa shape index (κ1) is 26.8. The van der Waals surface area contributed by atoms with Crippen molar-refractivity contribution in [2.75, 3.05) is 20.3 Å². The normalized spacial score (nSPS) is 23.3. The van der Waals surface area contributed by atoms with Gasteiger partial charge in [0.15, 0.2) is 12.6 Å². The molecule has 1 unspecified atom stereocenters. The van der Waals surface area contributed by atoms with Crippen LogP contribution in [0.5, 0.6) is 0 Å². The summed E-state index contributed by atoms with van der Waals surface area (Å²) < 4.78 is 26.1. The minimum atomic E-state index is -0.710. The second kappa shape index (κ2) is 13.3. The first-order valence-corrected chi connectivity index (χ1v) is 11.8. The molecule has 8 heteroatoms. The highest BCUT2D eigenvalue weighted by Gasteiger charge is 2.26. The molecular formula is C27H34O8. The lowest BCUT2D eigenvalue weighted by Gasteiger charge is -2.12. The summed E-state index contributed by atoms with van der Waals surface area (Å²) in [6, 6.07) is 14.5. The van der Waals surface area contributed by atoms with Crippen LogP contribution in [0.15, 0.2) is 48.5 Å². The maximum Gasteiger partial charge on any atom is 0.338 e. The summed E-state index contributed by atoms with van der Waals surface area (Å²) in [4.78, 5) is 23.4. The zero-order valence-electron chi connectivity index (χ0n) is 20.5. The predicted octanol–water partition coefficient (Wildman–Crippen LogP) is 3.95. The maximum atomic E-state index is 11.8. The molecule has 2 aromatic carbocycles. The van der Waals surface area contributed by atoms with E-state index in [9.17, 15) is 9.59 Å². The molecule has 4 atom stereocenters. The predicted molar refractivity (Wildman–Crippen MR) is 128 cm³/mol. The molecule has 2 aliphatic heterocycles. The third-order valence-electron chi connectivity index (χ3n) is 5.79. The summed E-state index contributed by atoms with van der Waals surface area (Å²) in [7, 11) is 1.62. The Hall–Kier alpha value is -2.78. The summed E-state index contributed by atoms with van der Waals surface area (Å²) in [6.07, 6.45) is 1.94. The molecule has 0 bridgehead atoms. The van der Waals surface area contributed by atoms with Crippen LogP contribution in [0.3, 0.4) is 0 Å². The van der Waals surface area contributed by atoms with Gasteiger partial charge in [-0.15, -0.1) is 0 Å².